The maximum atomic E-state index is 6.25. The molecule has 0 aliphatic carbocycles. The van der Waals surface area contributed by atoms with E-state index < -0.39 is 0 Å². The van der Waals surface area contributed by atoms with Gasteiger partial charge in [0.25, 0.3) is 0 Å². The Balaban J connectivity index is -0.00000000500. The van der Waals surface area contributed by atoms with Crippen molar-refractivity contribution in [1.82, 2.24) is 0 Å². The molecule has 0 saturated carbocycles. The quantitative estimate of drug-likeness (QED) is 0.466. The van der Waals surface area contributed by atoms with Crippen molar-refractivity contribution in [2.75, 3.05) is 0 Å². The molecule has 0 aromatic carbocycles. The van der Waals surface area contributed by atoms with Gasteiger partial charge >= 0.3 is 17.1 Å². The first-order valence-electron chi connectivity index (χ1n) is 1.57. The summed E-state index contributed by atoms with van der Waals surface area (Å²) in [6.45, 7) is 33.2. The van der Waals surface area contributed by atoms with Gasteiger partial charge in [-0.2, -0.15) is 0 Å². The Kier molecular flexibility index (Phi) is 1770. The van der Waals surface area contributed by atoms with Crippen LogP contribution in [0.25, 0.3) is 0 Å². The van der Waals surface area contributed by atoms with Crippen LogP contribution in [0.3, 0.4) is 0 Å². The van der Waals surface area contributed by atoms with Crippen LogP contribution in [0.4, 0.5) is 0 Å². The van der Waals surface area contributed by atoms with Gasteiger partial charge < -0.3 is 82.8 Å². The summed E-state index contributed by atoms with van der Waals surface area (Å²) in [6, 6.07) is 0. The third-order valence-electron chi connectivity index (χ3n) is 0. The van der Waals surface area contributed by atoms with Gasteiger partial charge in [0, 0.05) is 18.6 Å². The fourth-order valence-electron chi connectivity index (χ4n) is 0. The molecule has 0 aliphatic heterocycles. The van der Waals surface area contributed by atoms with Gasteiger partial charge in [-0.1, -0.05) is 0 Å². The summed E-state index contributed by atoms with van der Waals surface area (Å²) >= 11 is 0. The Bertz CT molecular complexity index is 117. The molecule has 16 heavy (non-hydrogen) atoms. The van der Waals surface area contributed by atoms with Crippen molar-refractivity contribution in [1.29, 1.82) is 36.8 Å². The van der Waals surface area contributed by atoms with E-state index in [1.165, 1.54) is 0 Å². The summed E-state index contributed by atoms with van der Waals surface area (Å²) in [5.74, 6) is 0. The molecule has 0 unspecified atom stereocenters. The SMILES string of the molecule is [C-]#N.[C-]#N.[C-]#N.[C-]#N.[C-]#N.[C-]#N.[C-]#N.[Fe+2].[V]. The molecule has 9 heteroatoms. The summed E-state index contributed by atoms with van der Waals surface area (Å²) in [6.07, 6.45) is 0. The predicted molar refractivity (Wildman–Crippen MR) is 34.8 cm³/mol. The Morgan fingerprint density at radius 2 is 0.312 bits per heavy atom. The first-order chi connectivity index (χ1) is 7.00. The average Bonchev–Trinajstić information content (AvgIpc) is 2.45. The minimum absolute atomic E-state index is 0. The molecule has 0 atom stereocenters. The van der Waals surface area contributed by atoms with Gasteiger partial charge in [-0.15, -0.1) is 0 Å². The molecule has 0 spiro atoms. The van der Waals surface area contributed by atoms with Gasteiger partial charge in [0.1, 0.15) is 0 Å². The molecule has 81 valence electrons. The normalized spacial score (nSPS) is 0.875. The molecule has 0 fully saturated rings. The third kappa shape index (κ3) is 210. The zero-order valence-corrected chi connectivity index (χ0v) is 9.93. The van der Waals surface area contributed by atoms with Crippen LogP contribution in [0.5, 0.6) is 0 Å². The van der Waals surface area contributed by atoms with Crippen molar-refractivity contribution >= 4 is 0 Å². The molecule has 0 heterocycles. The van der Waals surface area contributed by atoms with Crippen LogP contribution >= 0.6 is 0 Å². The molecule has 0 N–H and O–H groups in total. The second kappa shape index (κ2) is 274. The van der Waals surface area contributed by atoms with E-state index in [1.807, 2.05) is 0 Å². The van der Waals surface area contributed by atoms with E-state index in [0.29, 0.717) is 0 Å². The topological polar surface area (TPSA) is 167 Å². The molecule has 0 amide bonds. The standard InChI is InChI=1S/7CN.Fe.V/c7*1-2;;/q7*-1;+2;. The first-order valence-corrected chi connectivity index (χ1v) is 1.57. The molecule has 0 rings (SSSR count). The maximum absolute atomic E-state index is 6.25. The summed E-state index contributed by atoms with van der Waals surface area (Å²) in [5, 5.41) is 43.8. The Morgan fingerprint density at radius 3 is 0.312 bits per heavy atom. The fraction of sp³-hybridized carbons (Fsp3) is 0. The van der Waals surface area contributed by atoms with Crippen molar-refractivity contribution in [3.05, 3.63) is 46.0 Å². The molecule has 0 aromatic rings. The summed E-state index contributed by atoms with van der Waals surface area (Å²) in [7, 11) is 0. The smallest absolute Gasteiger partial charge is 0.512 e. The second-order valence-electron chi connectivity index (χ2n) is 0. The van der Waals surface area contributed by atoms with Crippen LogP contribution in [-0.4, -0.2) is 0 Å². The molecule has 0 aromatic heterocycles. The molecule has 0 bridgehead atoms. The van der Waals surface area contributed by atoms with Crippen molar-refractivity contribution < 1.29 is 35.6 Å². The zero-order valence-electron chi connectivity index (χ0n) is 7.43. The van der Waals surface area contributed by atoms with E-state index >= 15 is 0 Å². The number of rotatable bonds is 0. The molecule has 1 radical (unpaired) electrons. The zero-order chi connectivity index (χ0) is 14.0. The maximum Gasteiger partial charge on any atom is 2.00 e. The van der Waals surface area contributed by atoms with Crippen LogP contribution in [0.2, 0.25) is 0 Å². The van der Waals surface area contributed by atoms with Gasteiger partial charge in [0.15, 0.2) is 0 Å². The molecule has 0 saturated heterocycles. The first kappa shape index (κ1) is 103. The van der Waals surface area contributed by atoms with E-state index in [2.05, 4.69) is 0 Å². The van der Waals surface area contributed by atoms with Crippen LogP contribution in [-0.2, 0) is 35.6 Å². The number of hydrogen-bond donors (Lipinski definition) is 0. The average molecular weight is 289 g/mol. The molecular weight excluding hydrogens is 289 g/mol. The summed E-state index contributed by atoms with van der Waals surface area (Å²) in [4.78, 5) is 0. The van der Waals surface area contributed by atoms with E-state index in [-0.39, 0.29) is 35.6 Å². The summed E-state index contributed by atoms with van der Waals surface area (Å²) in [5.41, 5.74) is 0. The van der Waals surface area contributed by atoms with Gasteiger partial charge in [-0.3, -0.25) is 0 Å². The summed E-state index contributed by atoms with van der Waals surface area (Å²) < 4.78 is 0. The van der Waals surface area contributed by atoms with Crippen molar-refractivity contribution in [2.24, 2.45) is 0 Å². The van der Waals surface area contributed by atoms with Crippen molar-refractivity contribution in [3.63, 3.8) is 0 Å². The molecule has 0 aliphatic rings. The largest absolute Gasteiger partial charge is 2.00 e. The predicted octanol–water partition coefficient (Wildman–Crippen LogP) is 0.670. The van der Waals surface area contributed by atoms with E-state index in [9.17, 15) is 0 Å². The van der Waals surface area contributed by atoms with Gasteiger partial charge in [0.2, 0.25) is 0 Å². The Hall–Kier alpha value is -2.47. The van der Waals surface area contributed by atoms with Crippen LogP contribution in [0, 0.1) is 82.8 Å². The number of nitrogens with zero attached hydrogens (tertiary/aromatic N) is 7. The van der Waals surface area contributed by atoms with E-state index in [1.54, 1.807) is 0 Å². The fourth-order valence-corrected chi connectivity index (χ4v) is 0. The van der Waals surface area contributed by atoms with Crippen molar-refractivity contribution in [2.45, 2.75) is 0 Å². The minimum Gasteiger partial charge on any atom is -0.512 e. The Morgan fingerprint density at radius 1 is 0.312 bits per heavy atom. The molecular formula is C7FeN7V-5. The second-order valence-corrected chi connectivity index (χ2v) is 0. The molecule has 7 nitrogen and oxygen atoms in total. The minimum atomic E-state index is 0. The van der Waals surface area contributed by atoms with E-state index in [0.717, 1.165) is 0 Å². The van der Waals surface area contributed by atoms with Gasteiger partial charge in [-0.25, -0.2) is 0 Å². The van der Waals surface area contributed by atoms with Gasteiger partial charge in [-0.05, 0) is 0 Å². The Labute approximate surface area is 118 Å². The monoisotopic (exact) mass is 289 g/mol. The van der Waals surface area contributed by atoms with Crippen LogP contribution < -0.4 is 0 Å². The van der Waals surface area contributed by atoms with Crippen LogP contribution in [0.15, 0.2) is 0 Å². The number of hydrogen-bond acceptors (Lipinski definition) is 7. The van der Waals surface area contributed by atoms with Crippen molar-refractivity contribution in [3.8, 4) is 0 Å². The third-order valence-corrected chi connectivity index (χ3v) is 0. The van der Waals surface area contributed by atoms with Gasteiger partial charge in [0.05, 0.1) is 0 Å². The van der Waals surface area contributed by atoms with Crippen LogP contribution in [0.1, 0.15) is 0 Å². The van der Waals surface area contributed by atoms with E-state index in [4.69, 9.17) is 82.8 Å².